The molecule has 4 nitrogen and oxygen atoms in total. The molecule has 0 radical (unpaired) electrons. The van der Waals surface area contributed by atoms with Crippen molar-refractivity contribution in [2.45, 2.75) is 6.92 Å². The highest BCUT2D eigenvalue weighted by atomic mass is 16.5. The molecule has 0 aliphatic carbocycles. The highest BCUT2D eigenvalue weighted by Crippen LogP contribution is 2.21. The van der Waals surface area contributed by atoms with Crippen molar-refractivity contribution in [1.29, 1.82) is 5.26 Å². The summed E-state index contributed by atoms with van der Waals surface area (Å²) in [5.74, 6) is 0.992. The molecule has 0 saturated carbocycles. The lowest BCUT2D eigenvalue weighted by Gasteiger charge is -2.05. The van der Waals surface area contributed by atoms with E-state index in [2.05, 4.69) is 9.97 Å². The fraction of sp³-hybridized carbons (Fsp3) is 0.133. The average molecular weight is 251 g/mol. The number of allylic oxidation sites excluding steroid dienone is 1. The molecule has 0 fully saturated rings. The first-order valence-electron chi connectivity index (χ1n) is 5.90. The molecule has 0 aliphatic rings. The molecule has 0 amide bonds. The number of rotatable bonds is 4. The van der Waals surface area contributed by atoms with E-state index in [1.54, 1.807) is 12.4 Å². The van der Waals surface area contributed by atoms with E-state index in [4.69, 9.17) is 10.00 Å². The van der Waals surface area contributed by atoms with Crippen LogP contribution in [0.25, 0.3) is 11.1 Å². The van der Waals surface area contributed by atoms with E-state index in [0.717, 1.165) is 16.9 Å². The molecule has 0 N–H and O–H groups in total. The maximum Gasteiger partial charge on any atom is 0.232 e. The van der Waals surface area contributed by atoms with Crippen LogP contribution >= 0.6 is 0 Å². The lowest BCUT2D eigenvalue weighted by Crippen LogP contribution is -1.93. The Morgan fingerprint density at radius 1 is 1.16 bits per heavy atom. The molecule has 0 saturated heterocycles. The Balaban J connectivity index is 2.11. The van der Waals surface area contributed by atoms with Gasteiger partial charge in [-0.1, -0.05) is 24.3 Å². The van der Waals surface area contributed by atoms with Crippen LogP contribution in [0.15, 0.2) is 48.8 Å². The summed E-state index contributed by atoms with van der Waals surface area (Å²) in [6.45, 7) is 2.52. The van der Waals surface area contributed by atoms with Gasteiger partial charge in [-0.15, -0.1) is 0 Å². The third-order valence-corrected chi connectivity index (χ3v) is 2.52. The van der Waals surface area contributed by atoms with Gasteiger partial charge in [-0.2, -0.15) is 5.26 Å². The lowest BCUT2D eigenvalue weighted by molar-refractivity contribution is 0.363. The number of nitriles is 1. The standard InChI is InChI=1S/C15H13N3O/c1-2-3-8-19-14-6-4-12(5-7-14)13-10-17-15(9-16)18-11-13/h2-7,10-11H,8H2,1H3. The molecular weight excluding hydrogens is 238 g/mol. The monoisotopic (exact) mass is 251 g/mol. The van der Waals surface area contributed by atoms with Crippen LogP contribution in [-0.4, -0.2) is 16.6 Å². The van der Waals surface area contributed by atoms with Crippen LogP contribution < -0.4 is 4.74 Å². The van der Waals surface area contributed by atoms with Crippen LogP contribution in [0.3, 0.4) is 0 Å². The molecule has 0 unspecified atom stereocenters. The van der Waals surface area contributed by atoms with Gasteiger partial charge in [0, 0.05) is 18.0 Å². The van der Waals surface area contributed by atoms with Crippen LogP contribution in [0.2, 0.25) is 0 Å². The Morgan fingerprint density at radius 3 is 2.42 bits per heavy atom. The summed E-state index contributed by atoms with van der Waals surface area (Å²) < 4.78 is 5.51. The van der Waals surface area contributed by atoms with E-state index >= 15 is 0 Å². The van der Waals surface area contributed by atoms with Gasteiger partial charge in [-0.05, 0) is 24.6 Å². The summed E-state index contributed by atoms with van der Waals surface area (Å²) in [6, 6.07) is 9.57. The maximum absolute atomic E-state index is 8.64. The summed E-state index contributed by atoms with van der Waals surface area (Å²) >= 11 is 0. The number of ether oxygens (including phenoxy) is 1. The first kappa shape index (κ1) is 12.8. The Morgan fingerprint density at radius 2 is 1.84 bits per heavy atom. The van der Waals surface area contributed by atoms with Crippen molar-refractivity contribution < 1.29 is 4.74 Å². The van der Waals surface area contributed by atoms with E-state index in [0.29, 0.717) is 6.61 Å². The second-order valence-electron chi connectivity index (χ2n) is 3.81. The highest BCUT2D eigenvalue weighted by molar-refractivity contribution is 5.62. The minimum absolute atomic E-state index is 0.176. The van der Waals surface area contributed by atoms with Crippen molar-refractivity contribution >= 4 is 0 Å². The quantitative estimate of drug-likeness (QED) is 0.784. The normalized spacial score (nSPS) is 10.3. The van der Waals surface area contributed by atoms with Gasteiger partial charge in [0.2, 0.25) is 5.82 Å². The van der Waals surface area contributed by atoms with Gasteiger partial charge in [0.05, 0.1) is 0 Å². The van der Waals surface area contributed by atoms with E-state index < -0.39 is 0 Å². The molecule has 0 atom stereocenters. The van der Waals surface area contributed by atoms with Crippen molar-refractivity contribution in [3.63, 3.8) is 0 Å². The van der Waals surface area contributed by atoms with Gasteiger partial charge in [0.15, 0.2) is 0 Å². The predicted octanol–water partition coefficient (Wildman–Crippen LogP) is 2.97. The number of hydrogen-bond acceptors (Lipinski definition) is 4. The second kappa shape index (κ2) is 6.31. The fourth-order valence-electron chi connectivity index (χ4n) is 1.52. The Hall–Kier alpha value is -2.67. The highest BCUT2D eigenvalue weighted by Gasteiger charge is 2.00. The topological polar surface area (TPSA) is 58.8 Å². The second-order valence-corrected chi connectivity index (χ2v) is 3.81. The summed E-state index contributed by atoms with van der Waals surface area (Å²) in [6.07, 6.45) is 7.17. The van der Waals surface area contributed by atoms with E-state index in [-0.39, 0.29) is 5.82 Å². The van der Waals surface area contributed by atoms with Gasteiger partial charge >= 0.3 is 0 Å². The van der Waals surface area contributed by atoms with Crippen LogP contribution in [0.5, 0.6) is 5.75 Å². The smallest absolute Gasteiger partial charge is 0.232 e. The molecule has 0 bridgehead atoms. The molecule has 1 heterocycles. The third kappa shape index (κ3) is 3.39. The van der Waals surface area contributed by atoms with Crippen molar-refractivity contribution in [1.82, 2.24) is 9.97 Å². The fourth-order valence-corrected chi connectivity index (χ4v) is 1.52. The number of aromatic nitrogens is 2. The Kier molecular flexibility index (Phi) is 4.25. The third-order valence-electron chi connectivity index (χ3n) is 2.52. The summed E-state index contributed by atoms with van der Waals surface area (Å²) in [5.41, 5.74) is 1.86. The lowest BCUT2D eigenvalue weighted by atomic mass is 10.1. The molecule has 0 aliphatic heterocycles. The Bertz CT molecular complexity index is 595. The minimum Gasteiger partial charge on any atom is -0.490 e. The molecule has 1 aromatic carbocycles. The molecule has 94 valence electrons. The van der Waals surface area contributed by atoms with Crippen LogP contribution in [-0.2, 0) is 0 Å². The minimum atomic E-state index is 0.176. The zero-order valence-corrected chi connectivity index (χ0v) is 10.6. The first-order valence-corrected chi connectivity index (χ1v) is 5.90. The molecule has 1 aromatic heterocycles. The van der Waals surface area contributed by atoms with Gasteiger partial charge in [-0.25, -0.2) is 9.97 Å². The molecule has 2 rings (SSSR count). The van der Waals surface area contributed by atoms with Crippen LogP contribution in [0.4, 0.5) is 0 Å². The van der Waals surface area contributed by atoms with Crippen molar-refractivity contribution in [2.24, 2.45) is 0 Å². The molecule has 19 heavy (non-hydrogen) atoms. The SMILES string of the molecule is CC=CCOc1ccc(-c2cnc(C#N)nc2)cc1. The Labute approximate surface area is 112 Å². The maximum atomic E-state index is 8.64. The van der Waals surface area contributed by atoms with Gasteiger partial charge in [-0.3, -0.25) is 0 Å². The largest absolute Gasteiger partial charge is 0.490 e. The number of nitrogens with zero attached hydrogens (tertiary/aromatic N) is 3. The van der Waals surface area contributed by atoms with E-state index in [1.165, 1.54) is 0 Å². The number of hydrogen-bond donors (Lipinski definition) is 0. The van der Waals surface area contributed by atoms with Gasteiger partial charge < -0.3 is 4.74 Å². The zero-order chi connectivity index (χ0) is 13.5. The summed E-state index contributed by atoms with van der Waals surface area (Å²) in [7, 11) is 0. The van der Waals surface area contributed by atoms with Crippen LogP contribution in [0.1, 0.15) is 12.7 Å². The van der Waals surface area contributed by atoms with Crippen molar-refractivity contribution in [3.05, 3.63) is 54.6 Å². The first-order chi connectivity index (χ1) is 9.33. The predicted molar refractivity (Wildman–Crippen MR) is 72.5 cm³/mol. The molecular formula is C15H13N3O. The van der Waals surface area contributed by atoms with Crippen molar-refractivity contribution in [2.75, 3.05) is 6.61 Å². The van der Waals surface area contributed by atoms with E-state index in [1.807, 2.05) is 49.4 Å². The molecule has 4 heteroatoms. The number of benzene rings is 1. The summed E-state index contributed by atoms with van der Waals surface area (Å²) in [4.78, 5) is 7.89. The zero-order valence-electron chi connectivity index (χ0n) is 10.6. The van der Waals surface area contributed by atoms with Crippen LogP contribution in [0, 0.1) is 11.3 Å². The van der Waals surface area contributed by atoms with Crippen molar-refractivity contribution in [3.8, 4) is 22.9 Å². The van der Waals surface area contributed by atoms with Gasteiger partial charge in [0.25, 0.3) is 0 Å². The van der Waals surface area contributed by atoms with Gasteiger partial charge in [0.1, 0.15) is 18.4 Å². The van der Waals surface area contributed by atoms with E-state index in [9.17, 15) is 0 Å². The summed E-state index contributed by atoms with van der Waals surface area (Å²) in [5, 5.41) is 8.64. The molecule has 2 aromatic rings. The average Bonchev–Trinajstić information content (AvgIpc) is 2.48. The molecule has 0 spiro atoms.